The first-order valence-electron chi connectivity index (χ1n) is 8.97. The molecule has 0 fully saturated rings. The molecule has 0 bridgehead atoms. The second-order valence-corrected chi connectivity index (χ2v) is 10.4. The number of rotatable bonds is 10. The second-order valence-electron chi connectivity index (χ2n) is 5.79. The van der Waals surface area contributed by atoms with Crippen LogP contribution in [0.3, 0.4) is 0 Å². The summed E-state index contributed by atoms with van der Waals surface area (Å²) in [6, 6.07) is 22.2. The van der Waals surface area contributed by atoms with Crippen LogP contribution in [0.1, 0.15) is 50.7 Å². The molecule has 2 heteroatoms. The van der Waals surface area contributed by atoms with Gasteiger partial charge in [0.05, 0.1) is 0 Å². The van der Waals surface area contributed by atoms with Crippen LogP contribution in [-0.4, -0.2) is 29.9 Å². The van der Waals surface area contributed by atoms with E-state index in [0.717, 1.165) is 0 Å². The van der Waals surface area contributed by atoms with Crippen molar-refractivity contribution in [2.45, 2.75) is 50.2 Å². The third-order valence-electron chi connectivity index (χ3n) is 3.77. The molecule has 0 amide bonds. The van der Waals surface area contributed by atoms with Gasteiger partial charge >= 0.3 is 161 Å². The molecule has 0 aliphatic heterocycles. The Hall–Kier alpha value is -0.781. The van der Waals surface area contributed by atoms with Crippen LogP contribution in [-0.2, 0) is 0 Å². The molecule has 0 saturated heterocycles. The van der Waals surface area contributed by atoms with E-state index in [1.807, 2.05) is 0 Å². The van der Waals surface area contributed by atoms with Crippen molar-refractivity contribution in [2.24, 2.45) is 0 Å². The van der Waals surface area contributed by atoms with Crippen LogP contribution in [0.25, 0.3) is 8.94 Å². The van der Waals surface area contributed by atoms with Gasteiger partial charge < -0.3 is 0 Å². The Morgan fingerprint density at radius 1 is 0.625 bits per heavy atom. The van der Waals surface area contributed by atoms with Gasteiger partial charge in [-0.2, -0.15) is 0 Å². The van der Waals surface area contributed by atoms with Crippen LogP contribution in [0, 0.1) is 0 Å². The van der Waals surface area contributed by atoms with E-state index in [1.165, 1.54) is 47.4 Å². The minimum atomic E-state index is 0.566. The van der Waals surface area contributed by atoms with Gasteiger partial charge in [-0.05, 0) is 0 Å². The molecule has 0 unspecified atom stereocenters. The molecule has 128 valence electrons. The Bertz CT molecular complexity index is 547. The molecule has 2 aromatic carbocycles. The number of hydrogen-bond acceptors (Lipinski definition) is 0. The van der Waals surface area contributed by atoms with E-state index in [1.54, 1.807) is 8.94 Å². The van der Waals surface area contributed by atoms with Crippen molar-refractivity contribution in [1.29, 1.82) is 0 Å². The predicted molar refractivity (Wildman–Crippen MR) is 111 cm³/mol. The fraction of sp³-hybridized carbons (Fsp3) is 0.364. The molecule has 2 aromatic rings. The molecule has 0 N–H and O–H groups in total. The van der Waals surface area contributed by atoms with Gasteiger partial charge in [-0.1, -0.05) is 0 Å². The van der Waals surface area contributed by atoms with Crippen molar-refractivity contribution >= 4 is 38.9 Å². The van der Waals surface area contributed by atoms with E-state index >= 15 is 0 Å². The van der Waals surface area contributed by atoms with Gasteiger partial charge in [-0.3, -0.25) is 0 Å². The molecule has 0 aliphatic carbocycles. The summed E-state index contributed by atoms with van der Waals surface area (Å²) in [5, 5.41) is 2.71. The summed E-state index contributed by atoms with van der Waals surface area (Å²) < 4.78 is 3.30. The van der Waals surface area contributed by atoms with Crippen LogP contribution >= 0.6 is 0 Å². The Labute approximate surface area is 160 Å². The zero-order chi connectivity index (χ0) is 17.0. The van der Waals surface area contributed by atoms with E-state index < -0.39 is 0 Å². The molecule has 0 atom stereocenters. The Balaban J connectivity index is 2.41. The molecular weight excluding hydrogens is 422 g/mol. The Kier molecular flexibility index (Phi) is 9.54. The number of benzene rings is 2. The van der Waals surface area contributed by atoms with Gasteiger partial charge in [-0.25, -0.2) is 0 Å². The van der Waals surface area contributed by atoms with Crippen LogP contribution in [0.2, 0.25) is 10.6 Å². The molecule has 24 heavy (non-hydrogen) atoms. The Morgan fingerprint density at radius 2 is 1.00 bits per heavy atom. The molecule has 0 spiro atoms. The summed E-state index contributed by atoms with van der Waals surface area (Å²) in [5.41, 5.74) is 2.90. The monoisotopic (exact) mass is 452 g/mol. The second kappa shape index (κ2) is 11.7. The fourth-order valence-corrected chi connectivity index (χ4v) is 8.65. The van der Waals surface area contributed by atoms with Gasteiger partial charge in [-0.15, -0.1) is 0 Å². The summed E-state index contributed by atoms with van der Waals surface area (Å²) in [7, 11) is 0. The van der Waals surface area contributed by atoms with Crippen molar-refractivity contribution in [2.75, 3.05) is 0 Å². The van der Waals surface area contributed by atoms with E-state index in [2.05, 4.69) is 74.5 Å². The molecule has 0 aliphatic rings. The molecule has 0 heterocycles. The number of unbranched alkanes of at least 4 members (excludes halogenated alkanes) is 2. The summed E-state index contributed by atoms with van der Waals surface area (Å²) in [4.78, 5) is 0. The minimum absolute atomic E-state index is 0.566. The van der Waals surface area contributed by atoms with Crippen molar-refractivity contribution in [3.05, 3.63) is 71.8 Å². The number of hydrogen-bond donors (Lipinski definition) is 0. The van der Waals surface area contributed by atoms with E-state index in [4.69, 9.17) is 0 Å². The van der Waals surface area contributed by atoms with Crippen molar-refractivity contribution in [3.8, 4) is 0 Å². The summed E-state index contributed by atoms with van der Waals surface area (Å²) in [6.07, 6.45) is 5.29. The zero-order valence-corrected chi connectivity index (χ0v) is 18.3. The first-order valence-corrected chi connectivity index (χ1v) is 13.1. The van der Waals surface area contributed by atoms with Crippen LogP contribution in [0.15, 0.2) is 60.7 Å². The van der Waals surface area contributed by atoms with E-state index in [0.29, 0.717) is 29.9 Å². The average molecular weight is 450 g/mol. The zero-order valence-electron chi connectivity index (χ0n) is 14.8. The van der Waals surface area contributed by atoms with E-state index in [9.17, 15) is 0 Å². The van der Waals surface area contributed by atoms with Gasteiger partial charge in [0.1, 0.15) is 0 Å². The van der Waals surface area contributed by atoms with Gasteiger partial charge in [0.25, 0.3) is 0 Å². The SMILES string of the molecule is CCCC[Se]/C(=C(/[Se]CCCC)c1ccccc1)c1ccccc1. The predicted octanol–water partition coefficient (Wildman–Crippen LogP) is 6.36. The standard InChI is InChI=1S/C22H28Se2/c1-3-5-17-23-21(19-13-9-7-10-14-19)22(24-18-6-4-2)20-15-11-8-12-16-20/h7-16H,3-6,17-18H2,1-2H3/b22-21+. The first-order chi connectivity index (χ1) is 11.9. The van der Waals surface area contributed by atoms with Crippen LogP contribution in [0.5, 0.6) is 0 Å². The third-order valence-corrected chi connectivity index (χ3v) is 9.55. The summed E-state index contributed by atoms with van der Waals surface area (Å²) >= 11 is 1.13. The average Bonchev–Trinajstić information content (AvgIpc) is 2.65. The summed E-state index contributed by atoms with van der Waals surface area (Å²) in [5.74, 6) is 0. The third kappa shape index (κ3) is 6.26. The maximum absolute atomic E-state index is 2.31. The topological polar surface area (TPSA) is 0 Å². The first kappa shape index (κ1) is 19.5. The molecule has 0 saturated carbocycles. The van der Waals surface area contributed by atoms with Gasteiger partial charge in [0.15, 0.2) is 0 Å². The van der Waals surface area contributed by atoms with Crippen LogP contribution in [0.4, 0.5) is 0 Å². The quantitative estimate of drug-likeness (QED) is 0.225. The van der Waals surface area contributed by atoms with Crippen molar-refractivity contribution in [1.82, 2.24) is 0 Å². The Morgan fingerprint density at radius 3 is 1.33 bits per heavy atom. The van der Waals surface area contributed by atoms with Crippen LogP contribution < -0.4 is 0 Å². The van der Waals surface area contributed by atoms with Gasteiger partial charge in [0, 0.05) is 0 Å². The molecule has 0 nitrogen and oxygen atoms in total. The molecule has 0 aromatic heterocycles. The van der Waals surface area contributed by atoms with Crippen molar-refractivity contribution in [3.63, 3.8) is 0 Å². The maximum atomic E-state index is 2.31. The fourth-order valence-electron chi connectivity index (χ4n) is 2.38. The molecular formula is C22H28Se2. The normalized spacial score (nSPS) is 12.1. The van der Waals surface area contributed by atoms with E-state index in [-0.39, 0.29) is 0 Å². The molecule has 0 radical (unpaired) electrons. The molecule has 2 rings (SSSR count). The van der Waals surface area contributed by atoms with Crippen molar-refractivity contribution < 1.29 is 0 Å². The van der Waals surface area contributed by atoms with Gasteiger partial charge in [0.2, 0.25) is 0 Å². The summed E-state index contributed by atoms with van der Waals surface area (Å²) in [6.45, 7) is 4.59.